The SMILES string of the molecule is COCC(NCc1c[nH]c2ccccc12)C(C)C. The molecule has 0 saturated carbocycles. The number of H-pyrrole nitrogens is 1. The van der Waals surface area contributed by atoms with Gasteiger partial charge in [0, 0.05) is 36.8 Å². The van der Waals surface area contributed by atoms with Gasteiger partial charge in [0.05, 0.1) is 6.61 Å². The van der Waals surface area contributed by atoms with Gasteiger partial charge in [0.25, 0.3) is 0 Å². The first kappa shape index (κ1) is 13.1. The number of hydrogen-bond donors (Lipinski definition) is 2. The van der Waals surface area contributed by atoms with Crippen molar-refractivity contribution in [1.29, 1.82) is 0 Å². The number of aromatic amines is 1. The maximum atomic E-state index is 5.25. The molecule has 1 unspecified atom stereocenters. The molecular weight excluding hydrogens is 224 g/mol. The quantitative estimate of drug-likeness (QED) is 0.822. The largest absolute Gasteiger partial charge is 0.383 e. The van der Waals surface area contributed by atoms with Crippen molar-refractivity contribution in [3.05, 3.63) is 36.0 Å². The fourth-order valence-electron chi connectivity index (χ4n) is 2.19. The molecule has 0 fully saturated rings. The molecule has 18 heavy (non-hydrogen) atoms. The minimum atomic E-state index is 0.392. The lowest BCUT2D eigenvalue weighted by Crippen LogP contribution is -2.37. The highest BCUT2D eigenvalue weighted by atomic mass is 16.5. The average molecular weight is 246 g/mol. The van der Waals surface area contributed by atoms with Crippen LogP contribution in [0.2, 0.25) is 0 Å². The van der Waals surface area contributed by atoms with Crippen molar-refractivity contribution in [3.63, 3.8) is 0 Å². The number of para-hydroxylation sites is 1. The van der Waals surface area contributed by atoms with Gasteiger partial charge in [-0.25, -0.2) is 0 Å². The van der Waals surface area contributed by atoms with Crippen molar-refractivity contribution >= 4 is 10.9 Å². The lowest BCUT2D eigenvalue weighted by atomic mass is 10.0. The van der Waals surface area contributed by atoms with Crippen LogP contribution in [-0.2, 0) is 11.3 Å². The number of benzene rings is 1. The van der Waals surface area contributed by atoms with E-state index in [1.807, 2.05) is 0 Å². The predicted molar refractivity (Wildman–Crippen MR) is 75.6 cm³/mol. The Morgan fingerprint density at radius 1 is 1.28 bits per heavy atom. The van der Waals surface area contributed by atoms with Gasteiger partial charge in [-0.1, -0.05) is 32.0 Å². The molecule has 0 spiro atoms. The third kappa shape index (κ3) is 2.92. The van der Waals surface area contributed by atoms with E-state index in [4.69, 9.17) is 4.74 Å². The van der Waals surface area contributed by atoms with Gasteiger partial charge in [-0.2, -0.15) is 0 Å². The second-order valence-electron chi connectivity index (χ2n) is 5.05. The van der Waals surface area contributed by atoms with Crippen molar-refractivity contribution in [2.24, 2.45) is 5.92 Å². The van der Waals surface area contributed by atoms with E-state index in [1.54, 1.807) is 7.11 Å². The maximum Gasteiger partial charge on any atom is 0.0618 e. The third-order valence-electron chi connectivity index (χ3n) is 3.38. The zero-order chi connectivity index (χ0) is 13.0. The first-order valence-electron chi connectivity index (χ1n) is 6.49. The molecule has 2 N–H and O–H groups in total. The van der Waals surface area contributed by atoms with Crippen LogP contribution in [0.25, 0.3) is 10.9 Å². The summed E-state index contributed by atoms with van der Waals surface area (Å²) >= 11 is 0. The van der Waals surface area contributed by atoms with Gasteiger partial charge < -0.3 is 15.0 Å². The highest BCUT2D eigenvalue weighted by molar-refractivity contribution is 5.82. The van der Waals surface area contributed by atoms with E-state index in [0.717, 1.165) is 13.2 Å². The van der Waals surface area contributed by atoms with E-state index in [2.05, 4.69) is 54.6 Å². The van der Waals surface area contributed by atoms with Crippen LogP contribution in [0.15, 0.2) is 30.5 Å². The average Bonchev–Trinajstić information content (AvgIpc) is 2.77. The molecule has 3 heteroatoms. The van der Waals surface area contributed by atoms with Gasteiger partial charge in [0.15, 0.2) is 0 Å². The normalized spacial score (nSPS) is 13.3. The van der Waals surface area contributed by atoms with Gasteiger partial charge in [0.1, 0.15) is 0 Å². The molecule has 2 aromatic rings. The molecule has 0 radical (unpaired) electrons. The standard InChI is InChI=1S/C15H22N2O/c1-11(2)15(10-18-3)17-9-12-8-16-14-7-5-4-6-13(12)14/h4-8,11,15-17H,9-10H2,1-3H3. The van der Waals surface area contributed by atoms with E-state index < -0.39 is 0 Å². The molecule has 0 aliphatic rings. The number of methoxy groups -OCH3 is 1. The van der Waals surface area contributed by atoms with Gasteiger partial charge in [-0.3, -0.25) is 0 Å². The minimum absolute atomic E-state index is 0.392. The van der Waals surface area contributed by atoms with Crippen molar-refractivity contribution in [2.45, 2.75) is 26.4 Å². The van der Waals surface area contributed by atoms with E-state index in [0.29, 0.717) is 12.0 Å². The fourth-order valence-corrected chi connectivity index (χ4v) is 2.19. The third-order valence-corrected chi connectivity index (χ3v) is 3.38. The van der Waals surface area contributed by atoms with Crippen molar-refractivity contribution in [1.82, 2.24) is 10.3 Å². The van der Waals surface area contributed by atoms with Crippen molar-refractivity contribution < 1.29 is 4.74 Å². The molecule has 0 amide bonds. The molecule has 1 atom stereocenters. The number of nitrogens with one attached hydrogen (secondary N) is 2. The van der Waals surface area contributed by atoms with Crippen LogP contribution in [0.3, 0.4) is 0 Å². The molecule has 1 aromatic carbocycles. The number of fused-ring (bicyclic) bond motifs is 1. The Hall–Kier alpha value is -1.32. The Bertz CT molecular complexity index is 490. The van der Waals surface area contributed by atoms with Crippen LogP contribution in [0.4, 0.5) is 0 Å². The van der Waals surface area contributed by atoms with Crippen LogP contribution in [0.1, 0.15) is 19.4 Å². The fraction of sp³-hybridized carbons (Fsp3) is 0.467. The summed E-state index contributed by atoms with van der Waals surface area (Å²) < 4.78 is 5.25. The van der Waals surface area contributed by atoms with E-state index in [-0.39, 0.29) is 0 Å². The zero-order valence-corrected chi connectivity index (χ0v) is 11.4. The Labute approximate surface area is 109 Å². The van der Waals surface area contributed by atoms with E-state index in [9.17, 15) is 0 Å². The van der Waals surface area contributed by atoms with Crippen LogP contribution >= 0.6 is 0 Å². The van der Waals surface area contributed by atoms with E-state index >= 15 is 0 Å². The van der Waals surface area contributed by atoms with Gasteiger partial charge >= 0.3 is 0 Å². The molecule has 3 nitrogen and oxygen atoms in total. The molecule has 1 heterocycles. The lowest BCUT2D eigenvalue weighted by molar-refractivity contribution is 0.146. The molecular formula is C15H22N2O. The summed E-state index contributed by atoms with van der Waals surface area (Å²) in [4.78, 5) is 3.30. The van der Waals surface area contributed by atoms with E-state index in [1.165, 1.54) is 16.5 Å². The summed E-state index contributed by atoms with van der Waals surface area (Å²) in [7, 11) is 1.75. The Morgan fingerprint density at radius 3 is 2.78 bits per heavy atom. The monoisotopic (exact) mass is 246 g/mol. The van der Waals surface area contributed by atoms with Gasteiger partial charge in [-0.05, 0) is 17.5 Å². The number of aromatic nitrogens is 1. The van der Waals surface area contributed by atoms with Crippen molar-refractivity contribution in [2.75, 3.05) is 13.7 Å². The van der Waals surface area contributed by atoms with Crippen molar-refractivity contribution in [3.8, 4) is 0 Å². The van der Waals surface area contributed by atoms with Gasteiger partial charge in [0.2, 0.25) is 0 Å². The summed E-state index contributed by atoms with van der Waals surface area (Å²) in [5.74, 6) is 0.565. The Balaban J connectivity index is 2.05. The first-order valence-corrected chi connectivity index (χ1v) is 6.49. The molecule has 0 aliphatic heterocycles. The van der Waals surface area contributed by atoms with Gasteiger partial charge in [-0.15, -0.1) is 0 Å². The summed E-state index contributed by atoms with van der Waals surface area (Å²) in [6.07, 6.45) is 2.09. The molecule has 1 aromatic heterocycles. The Kier molecular flexibility index (Phi) is 4.39. The highest BCUT2D eigenvalue weighted by Crippen LogP contribution is 2.17. The van der Waals surface area contributed by atoms with Crippen LogP contribution in [0, 0.1) is 5.92 Å². The highest BCUT2D eigenvalue weighted by Gasteiger charge is 2.13. The Morgan fingerprint density at radius 2 is 2.06 bits per heavy atom. The lowest BCUT2D eigenvalue weighted by Gasteiger charge is -2.21. The molecule has 0 saturated heterocycles. The van der Waals surface area contributed by atoms with Crippen LogP contribution in [-0.4, -0.2) is 24.7 Å². The van der Waals surface area contributed by atoms with Crippen LogP contribution in [0.5, 0.6) is 0 Å². The zero-order valence-electron chi connectivity index (χ0n) is 11.4. The topological polar surface area (TPSA) is 37.0 Å². The number of rotatable bonds is 6. The molecule has 0 aliphatic carbocycles. The molecule has 0 bridgehead atoms. The molecule has 2 rings (SSSR count). The molecule has 98 valence electrons. The maximum absolute atomic E-state index is 5.25. The smallest absolute Gasteiger partial charge is 0.0618 e. The second-order valence-corrected chi connectivity index (χ2v) is 5.05. The summed E-state index contributed by atoms with van der Waals surface area (Å²) in [6, 6.07) is 8.79. The number of hydrogen-bond acceptors (Lipinski definition) is 2. The summed E-state index contributed by atoms with van der Waals surface area (Å²) in [5.41, 5.74) is 2.51. The summed E-state index contributed by atoms with van der Waals surface area (Å²) in [5, 5.41) is 4.87. The predicted octanol–water partition coefficient (Wildman–Crippen LogP) is 2.93. The second kappa shape index (κ2) is 6.03. The van der Waals surface area contributed by atoms with Crippen LogP contribution < -0.4 is 5.32 Å². The minimum Gasteiger partial charge on any atom is -0.383 e. The number of ether oxygens (including phenoxy) is 1. The first-order chi connectivity index (χ1) is 8.72. The summed E-state index contributed by atoms with van der Waals surface area (Å²) in [6.45, 7) is 6.05.